The summed E-state index contributed by atoms with van der Waals surface area (Å²) < 4.78 is 0. The molecule has 0 aromatic heterocycles. The molecule has 3 atom stereocenters. The smallest absolute Gasteiger partial charge is 0.318 e. The van der Waals surface area contributed by atoms with Gasteiger partial charge in [0.2, 0.25) is 0 Å². The number of hydrogen-bond acceptors (Lipinski definition) is 4. The van der Waals surface area contributed by atoms with Crippen LogP contribution in [-0.2, 0) is 4.79 Å². The lowest BCUT2D eigenvalue weighted by Gasteiger charge is -2.23. The van der Waals surface area contributed by atoms with Crippen molar-refractivity contribution in [2.24, 2.45) is 0 Å². The van der Waals surface area contributed by atoms with E-state index >= 15 is 0 Å². The molecule has 1 fully saturated rings. The summed E-state index contributed by atoms with van der Waals surface area (Å²) >= 11 is 0. The highest BCUT2D eigenvalue weighted by Gasteiger charge is 2.31. The molecule has 7 heteroatoms. The number of hydroxylamine groups is 1. The van der Waals surface area contributed by atoms with Crippen molar-refractivity contribution in [2.75, 3.05) is 13.1 Å². The summed E-state index contributed by atoms with van der Waals surface area (Å²) in [6, 6.07) is 16.1. The fraction of sp³-hybridized carbons (Fsp3) is 0.304. The molecule has 7 nitrogen and oxygen atoms in total. The topological polar surface area (TPSA) is 102 Å². The predicted molar refractivity (Wildman–Crippen MR) is 112 cm³/mol. The van der Waals surface area contributed by atoms with E-state index in [0.29, 0.717) is 13.1 Å². The molecule has 0 saturated carbocycles. The Kier molecular flexibility index (Phi) is 7.07. The number of hydrogen-bond donors (Lipinski definition) is 4. The molecule has 4 N–H and O–H groups in total. The molecule has 0 aliphatic carbocycles. The molecule has 2 aromatic carbocycles. The van der Waals surface area contributed by atoms with Crippen molar-refractivity contribution in [3.63, 3.8) is 0 Å². The van der Waals surface area contributed by atoms with Gasteiger partial charge in [-0.05, 0) is 43.2 Å². The van der Waals surface area contributed by atoms with Crippen LogP contribution in [0.1, 0.15) is 36.0 Å². The van der Waals surface area contributed by atoms with Gasteiger partial charge in [0.25, 0.3) is 5.91 Å². The van der Waals surface area contributed by atoms with E-state index in [1.54, 1.807) is 4.90 Å². The summed E-state index contributed by atoms with van der Waals surface area (Å²) in [7, 11) is 0. The quantitative estimate of drug-likeness (QED) is 0.353. The number of aliphatic hydroxyl groups is 1. The van der Waals surface area contributed by atoms with Crippen LogP contribution in [0.4, 0.5) is 4.79 Å². The number of urea groups is 1. The Hall–Kier alpha value is -3.34. The molecule has 1 heterocycles. The predicted octanol–water partition coefficient (Wildman–Crippen LogP) is 1.84. The minimum Gasteiger partial charge on any atom is -0.391 e. The second-order valence-corrected chi connectivity index (χ2v) is 7.32. The first-order valence-electron chi connectivity index (χ1n) is 9.82. The van der Waals surface area contributed by atoms with E-state index in [1.807, 2.05) is 54.6 Å². The van der Waals surface area contributed by atoms with Crippen molar-refractivity contribution in [3.8, 4) is 11.8 Å². The first-order valence-corrected chi connectivity index (χ1v) is 9.82. The summed E-state index contributed by atoms with van der Waals surface area (Å²) in [5.74, 6) is 5.62. The van der Waals surface area contributed by atoms with E-state index < -0.39 is 24.1 Å². The summed E-state index contributed by atoms with van der Waals surface area (Å²) in [6.45, 7) is 2.40. The first kappa shape index (κ1) is 21.4. The van der Waals surface area contributed by atoms with E-state index in [-0.39, 0.29) is 5.92 Å². The Morgan fingerprint density at radius 3 is 2.50 bits per heavy atom. The Balaban J connectivity index is 1.64. The molecule has 1 aliphatic rings. The van der Waals surface area contributed by atoms with Gasteiger partial charge in [0.05, 0.1) is 6.10 Å². The van der Waals surface area contributed by atoms with Crippen LogP contribution in [0.25, 0.3) is 0 Å². The number of likely N-dealkylation sites (tertiary alicyclic amines) is 1. The molecule has 0 bridgehead atoms. The zero-order chi connectivity index (χ0) is 21.5. The Morgan fingerprint density at radius 1 is 1.10 bits per heavy atom. The van der Waals surface area contributed by atoms with Crippen molar-refractivity contribution >= 4 is 11.9 Å². The van der Waals surface area contributed by atoms with Gasteiger partial charge in [-0.2, -0.15) is 0 Å². The van der Waals surface area contributed by atoms with E-state index in [2.05, 4.69) is 17.2 Å². The zero-order valence-electron chi connectivity index (χ0n) is 16.7. The molecule has 0 radical (unpaired) electrons. The van der Waals surface area contributed by atoms with Gasteiger partial charge in [-0.15, -0.1) is 0 Å². The summed E-state index contributed by atoms with van der Waals surface area (Å²) in [6.07, 6.45) is -0.353. The highest BCUT2D eigenvalue weighted by Crippen LogP contribution is 2.27. The van der Waals surface area contributed by atoms with E-state index in [4.69, 9.17) is 5.21 Å². The summed E-state index contributed by atoms with van der Waals surface area (Å²) in [4.78, 5) is 25.7. The number of benzene rings is 2. The average Bonchev–Trinajstić information content (AvgIpc) is 3.26. The minimum atomic E-state index is -1.22. The van der Waals surface area contributed by atoms with Gasteiger partial charge in [0.15, 0.2) is 0 Å². The molecule has 1 aliphatic heterocycles. The number of amides is 3. The van der Waals surface area contributed by atoms with Gasteiger partial charge in [0.1, 0.15) is 6.04 Å². The maximum atomic E-state index is 12.5. The second kappa shape index (κ2) is 9.92. The second-order valence-electron chi connectivity index (χ2n) is 7.32. The van der Waals surface area contributed by atoms with Crippen LogP contribution in [0.2, 0.25) is 0 Å². The fourth-order valence-corrected chi connectivity index (χ4v) is 3.45. The third-order valence-corrected chi connectivity index (χ3v) is 5.11. The molecule has 1 unspecified atom stereocenters. The van der Waals surface area contributed by atoms with Gasteiger partial charge < -0.3 is 15.3 Å². The largest absolute Gasteiger partial charge is 0.391 e. The lowest BCUT2D eigenvalue weighted by atomic mass is 9.97. The van der Waals surface area contributed by atoms with Crippen molar-refractivity contribution in [3.05, 3.63) is 71.3 Å². The standard InChI is InChI=1S/C23H25N3O4/c1-16(27)21(22(28)25-30)24-23(29)26-13-12-20(15-26)19-9-5-8-18(14-19)11-10-17-6-3-2-4-7-17/h2-9,14,16,20-21,27,30H,12-13,15H2,1H3,(H,24,29)(H,25,28)/t16-,20?,21-/m1/s1. The summed E-state index contributed by atoms with van der Waals surface area (Å²) in [5, 5.41) is 20.9. The van der Waals surface area contributed by atoms with Crippen LogP contribution in [0.3, 0.4) is 0 Å². The minimum absolute atomic E-state index is 0.158. The number of aliphatic hydroxyl groups excluding tert-OH is 1. The van der Waals surface area contributed by atoms with Gasteiger partial charge in [0, 0.05) is 30.1 Å². The maximum Gasteiger partial charge on any atom is 0.318 e. The van der Waals surface area contributed by atoms with Crippen molar-refractivity contribution in [1.29, 1.82) is 0 Å². The molecule has 0 spiro atoms. The van der Waals surface area contributed by atoms with Gasteiger partial charge in [-0.1, -0.05) is 42.2 Å². The maximum absolute atomic E-state index is 12.5. The third kappa shape index (κ3) is 5.38. The van der Waals surface area contributed by atoms with Crippen LogP contribution >= 0.6 is 0 Å². The SMILES string of the molecule is C[C@@H](O)[C@@H](NC(=O)N1CCC(c2cccc(C#Cc3ccccc3)c2)C1)C(=O)NO. The van der Waals surface area contributed by atoms with Crippen LogP contribution in [0, 0.1) is 11.8 Å². The molecular weight excluding hydrogens is 382 g/mol. The van der Waals surface area contributed by atoms with Crippen molar-refractivity contribution in [1.82, 2.24) is 15.7 Å². The lowest BCUT2D eigenvalue weighted by molar-refractivity contribution is -0.133. The first-order chi connectivity index (χ1) is 14.5. The molecule has 156 valence electrons. The molecule has 3 rings (SSSR count). The van der Waals surface area contributed by atoms with Crippen molar-refractivity contribution in [2.45, 2.75) is 31.4 Å². The number of nitrogens with zero attached hydrogens (tertiary/aromatic N) is 1. The third-order valence-electron chi connectivity index (χ3n) is 5.11. The van der Waals surface area contributed by atoms with Crippen LogP contribution in [0.15, 0.2) is 54.6 Å². The number of carbonyl (C=O) groups excluding carboxylic acids is 2. The number of nitrogens with one attached hydrogen (secondary N) is 2. The molecular formula is C23H25N3O4. The average molecular weight is 407 g/mol. The highest BCUT2D eigenvalue weighted by atomic mass is 16.5. The molecule has 3 amide bonds. The van der Waals surface area contributed by atoms with Gasteiger partial charge in [-0.25, -0.2) is 10.3 Å². The summed E-state index contributed by atoms with van der Waals surface area (Å²) in [5.41, 5.74) is 4.42. The monoisotopic (exact) mass is 407 g/mol. The van der Waals surface area contributed by atoms with Crippen LogP contribution in [-0.4, -0.2) is 52.4 Å². The zero-order valence-corrected chi connectivity index (χ0v) is 16.7. The highest BCUT2D eigenvalue weighted by molar-refractivity contribution is 5.87. The number of carbonyl (C=O) groups is 2. The molecule has 1 saturated heterocycles. The molecule has 2 aromatic rings. The molecule has 30 heavy (non-hydrogen) atoms. The van der Waals surface area contributed by atoms with Crippen LogP contribution in [0.5, 0.6) is 0 Å². The normalized spacial score (nSPS) is 17.4. The van der Waals surface area contributed by atoms with E-state index in [9.17, 15) is 14.7 Å². The lowest BCUT2D eigenvalue weighted by Crippen LogP contribution is -2.54. The van der Waals surface area contributed by atoms with Crippen LogP contribution < -0.4 is 10.8 Å². The van der Waals surface area contributed by atoms with E-state index in [1.165, 1.54) is 12.4 Å². The number of rotatable bonds is 4. The van der Waals surface area contributed by atoms with Gasteiger partial charge >= 0.3 is 6.03 Å². The fourth-order valence-electron chi connectivity index (χ4n) is 3.45. The van der Waals surface area contributed by atoms with Crippen molar-refractivity contribution < 1.29 is 19.9 Å². The van der Waals surface area contributed by atoms with Gasteiger partial charge in [-0.3, -0.25) is 10.0 Å². The Labute approximate surface area is 175 Å². The Morgan fingerprint density at radius 2 is 1.80 bits per heavy atom. The Bertz CT molecular complexity index is 950. The van der Waals surface area contributed by atoms with E-state index in [0.717, 1.165) is 23.1 Å².